The summed E-state index contributed by atoms with van der Waals surface area (Å²) in [5, 5.41) is 0. The summed E-state index contributed by atoms with van der Waals surface area (Å²) in [6.45, 7) is 9.38. The summed E-state index contributed by atoms with van der Waals surface area (Å²) in [5.74, 6) is -5.19. The number of carbonyl (C=O) groups excluding carboxylic acids is 6. The second-order valence-electron chi connectivity index (χ2n) is 9.52. The van der Waals surface area contributed by atoms with Gasteiger partial charge in [0.15, 0.2) is 17.6 Å². The van der Waals surface area contributed by atoms with Crippen LogP contribution in [0.15, 0.2) is 30.3 Å². The number of fused-ring (bicyclic) bond motifs is 1. The molecule has 39 heavy (non-hydrogen) atoms. The monoisotopic (exact) mass is 540 g/mol. The predicted octanol–water partition coefficient (Wildman–Crippen LogP) is 3.58. The highest BCUT2D eigenvalue weighted by atomic mass is 16.6. The summed E-state index contributed by atoms with van der Waals surface area (Å²) in [7, 11) is 0. The summed E-state index contributed by atoms with van der Waals surface area (Å²) in [5.41, 5.74) is -0.283. The largest absolute Gasteiger partial charge is 0.453 e. The molecule has 11 heteroatoms. The van der Waals surface area contributed by atoms with Crippen molar-refractivity contribution in [3.63, 3.8) is 0 Å². The molecule has 3 rings (SSSR count). The minimum Gasteiger partial charge on any atom is -0.453 e. The van der Waals surface area contributed by atoms with E-state index in [0.29, 0.717) is 11.1 Å². The van der Waals surface area contributed by atoms with Gasteiger partial charge < -0.3 is 23.7 Å². The fraction of sp³-hybridized carbons (Fsp3) is 0.357. The van der Waals surface area contributed by atoms with E-state index in [9.17, 15) is 28.8 Å². The second kappa shape index (κ2) is 11.1. The molecular formula is C28H28O11. The van der Waals surface area contributed by atoms with Crippen molar-refractivity contribution in [1.29, 1.82) is 0 Å². The van der Waals surface area contributed by atoms with Crippen LogP contribution in [-0.4, -0.2) is 41.7 Å². The standard InChI is InChI=1S/C28H28O11/c1-13(29)35-19-11-20-24(23(12-19)38-16(4)32)26(34)27(39-17(5)33)25(28(20,6)7)18-8-9-21(36-14(2)30)22(10-18)37-15(3)31/h8-12,25,27H,1-7H3. The first-order valence-electron chi connectivity index (χ1n) is 11.9. The van der Waals surface area contributed by atoms with Gasteiger partial charge in [-0.05, 0) is 29.3 Å². The van der Waals surface area contributed by atoms with Crippen molar-refractivity contribution in [2.24, 2.45) is 0 Å². The number of ketones is 1. The van der Waals surface area contributed by atoms with Crippen LogP contribution >= 0.6 is 0 Å². The van der Waals surface area contributed by atoms with Crippen LogP contribution in [-0.2, 0) is 34.1 Å². The lowest BCUT2D eigenvalue weighted by Gasteiger charge is -2.44. The molecule has 2 unspecified atom stereocenters. The van der Waals surface area contributed by atoms with E-state index >= 15 is 0 Å². The van der Waals surface area contributed by atoms with Crippen molar-refractivity contribution in [2.45, 2.75) is 65.9 Å². The van der Waals surface area contributed by atoms with Crippen LogP contribution in [0.2, 0.25) is 0 Å². The maximum atomic E-state index is 13.9. The molecule has 1 aliphatic carbocycles. The van der Waals surface area contributed by atoms with Crippen molar-refractivity contribution in [2.75, 3.05) is 0 Å². The van der Waals surface area contributed by atoms with Crippen LogP contribution in [0, 0.1) is 0 Å². The number of ether oxygens (including phenoxy) is 5. The van der Waals surface area contributed by atoms with E-state index in [-0.39, 0.29) is 28.6 Å². The lowest BCUT2D eigenvalue weighted by atomic mass is 9.61. The SMILES string of the molecule is CC(=O)Oc1cc(OC(C)=O)c2c(c1)C(C)(C)C(c1ccc(OC(C)=O)c(OC(C)=O)c1)C(OC(C)=O)C2=O. The normalized spacial score (nSPS) is 17.4. The van der Waals surface area contributed by atoms with Crippen LogP contribution in [0.1, 0.15) is 75.9 Å². The molecule has 0 saturated carbocycles. The van der Waals surface area contributed by atoms with Gasteiger partial charge in [0, 0.05) is 52.0 Å². The Kier molecular flexibility index (Phi) is 8.23. The highest BCUT2D eigenvalue weighted by Crippen LogP contribution is 2.52. The number of hydrogen-bond donors (Lipinski definition) is 0. The Morgan fingerprint density at radius 3 is 1.74 bits per heavy atom. The van der Waals surface area contributed by atoms with Gasteiger partial charge in [0.2, 0.25) is 5.78 Å². The van der Waals surface area contributed by atoms with Gasteiger partial charge in [-0.3, -0.25) is 28.8 Å². The number of rotatable bonds is 6. The van der Waals surface area contributed by atoms with Gasteiger partial charge in [-0.2, -0.15) is 0 Å². The topological polar surface area (TPSA) is 149 Å². The van der Waals surface area contributed by atoms with E-state index in [1.807, 2.05) is 0 Å². The molecule has 206 valence electrons. The van der Waals surface area contributed by atoms with E-state index in [0.717, 1.165) is 13.8 Å². The molecule has 2 aromatic carbocycles. The Labute approximate surface area is 224 Å². The highest BCUT2D eigenvalue weighted by Gasteiger charge is 2.51. The van der Waals surface area contributed by atoms with Crippen LogP contribution in [0.25, 0.3) is 0 Å². The number of hydrogen-bond acceptors (Lipinski definition) is 11. The molecule has 0 bridgehead atoms. The molecule has 1 aliphatic rings. The second-order valence-corrected chi connectivity index (χ2v) is 9.52. The average molecular weight is 541 g/mol. The molecular weight excluding hydrogens is 512 g/mol. The van der Waals surface area contributed by atoms with Crippen molar-refractivity contribution < 1.29 is 52.5 Å². The molecule has 0 fully saturated rings. The van der Waals surface area contributed by atoms with Crippen molar-refractivity contribution in [1.82, 2.24) is 0 Å². The van der Waals surface area contributed by atoms with Crippen LogP contribution < -0.4 is 18.9 Å². The van der Waals surface area contributed by atoms with E-state index in [1.54, 1.807) is 19.9 Å². The minimum atomic E-state index is -1.39. The first-order valence-corrected chi connectivity index (χ1v) is 11.9. The fourth-order valence-corrected chi connectivity index (χ4v) is 4.74. The summed E-state index contributed by atoms with van der Waals surface area (Å²) in [6.07, 6.45) is -1.39. The van der Waals surface area contributed by atoms with Crippen LogP contribution in [0.3, 0.4) is 0 Å². The summed E-state index contributed by atoms with van der Waals surface area (Å²) >= 11 is 0. The molecule has 11 nitrogen and oxygen atoms in total. The number of benzene rings is 2. The fourth-order valence-electron chi connectivity index (χ4n) is 4.74. The number of esters is 5. The molecule has 0 N–H and O–H groups in total. The molecule has 0 aromatic heterocycles. The lowest BCUT2D eigenvalue weighted by molar-refractivity contribution is -0.146. The van der Waals surface area contributed by atoms with Crippen LogP contribution in [0.4, 0.5) is 0 Å². The third-order valence-electron chi connectivity index (χ3n) is 6.00. The van der Waals surface area contributed by atoms with Crippen molar-refractivity contribution >= 4 is 35.6 Å². The zero-order valence-corrected chi connectivity index (χ0v) is 22.5. The molecule has 2 atom stereocenters. The summed E-state index contributed by atoms with van der Waals surface area (Å²) in [6, 6.07) is 7.10. The zero-order chi connectivity index (χ0) is 29.2. The van der Waals surface area contributed by atoms with Gasteiger partial charge >= 0.3 is 29.8 Å². The molecule has 2 aromatic rings. The predicted molar refractivity (Wildman–Crippen MR) is 134 cm³/mol. The number of carbonyl (C=O) groups is 6. The van der Waals surface area contributed by atoms with Crippen molar-refractivity contribution in [3.8, 4) is 23.0 Å². The Hall–Kier alpha value is -4.54. The quantitative estimate of drug-likeness (QED) is 0.391. The maximum absolute atomic E-state index is 13.9. The van der Waals surface area contributed by atoms with Crippen LogP contribution in [0.5, 0.6) is 23.0 Å². The van der Waals surface area contributed by atoms with Gasteiger partial charge in [-0.25, -0.2) is 0 Å². The molecule has 0 amide bonds. The lowest BCUT2D eigenvalue weighted by Crippen LogP contribution is -2.47. The van der Waals surface area contributed by atoms with Gasteiger partial charge in [0.25, 0.3) is 0 Å². The third kappa shape index (κ3) is 6.31. The smallest absolute Gasteiger partial charge is 0.308 e. The molecule has 0 aliphatic heterocycles. The minimum absolute atomic E-state index is 0.00894. The molecule has 0 saturated heterocycles. The van der Waals surface area contributed by atoms with E-state index in [1.165, 1.54) is 45.0 Å². The van der Waals surface area contributed by atoms with Gasteiger partial charge in [0.05, 0.1) is 5.56 Å². The summed E-state index contributed by atoms with van der Waals surface area (Å²) in [4.78, 5) is 73.0. The van der Waals surface area contributed by atoms with Gasteiger partial charge in [0.1, 0.15) is 11.5 Å². The Morgan fingerprint density at radius 1 is 0.667 bits per heavy atom. The van der Waals surface area contributed by atoms with E-state index in [4.69, 9.17) is 23.7 Å². The maximum Gasteiger partial charge on any atom is 0.308 e. The van der Waals surface area contributed by atoms with Gasteiger partial charge in [-0.15, -0.1) is 0 Å². The molecule has 0 spiro atoms. The van der Waals surface area contributed by atoms with Gasteiger partial charge in [-0.1, -0.05) is 19.9 Å². The zero-order valence-electron chi connectivity index (χ0n) is 22.5. The van der Waals surface area contributed by atoms with Crippen molar-refractivity contribution in [3.05, 3.63) is 47.0 Å². The average Bonchev–Trinajstić information content (AvgIpc) is 2.77. The first kappa shape index (κ1) is 29.0. The Balaban J connectivity index is 2.32. The highest BCUT2D eigenvalue weighted by molar-refractivity contribution is 6.07. The Bertz CT molecular complexity index is 1390. The summed E-state index contributed by atoms with van der Waals surface area (Å²) < 4.78 is 26.5. The third-order valence-corrected chi connectivity index (χ3v) is 6.00. The Morgan fingerprint density at radius 2 is 1.21 bits per heavy atom. The number of Topliss-reactive ketones (excluding diaryl/α,β-unsaturated/α-hetero) is 1. The molecule has 0 radical (unpaired) electrons. The molecule has 0 heterocycles. The first-order chi connectivity index (χ1) is 18.1. The van der Waals surface area contributed by atoms with E-state index in [2.05, 4.69) is 0 Å². The van der Waals surface area contributed by atoms with E-state index < -0.39 is 53.1 Å².